The van der Waals surface area contributed by atoms with Gasteiger partial charge in [0.1, 0.15) is 0 Å². The van der Waals surface area contributed by atoms with E-state index in [2.05, 4.69) is 34.9 Å². The number of carbonyl (C=O) groups is 1. The highest BCUT2D eigenvalue weighted by atomic mass is 16.2. The van der Waals surface area contributed by atoms with E-state index < -0.39 is 0 Å². The van der Waals surface area contributed by atoms with E-state index in [9.17, 15) is 4.79 Å². The van der Waals surface area contributed by atoms with Crippen LogP contribution in [0.5, 0.6) is 0 Å². The van der Waals surface area contributed by atoms with E-state index in [0.717, 1.165) is 23.4 Å². The Morgan fingerprint density at radius 1 is 1.04 bits per heavy atom. The van der Waals surface area contributed by atoms with E-state index in [1.807, 2.05) is 50.2 Å². The third-order valence-corrected chi connectivity index (χ3v) is 3.63. The third-order valence-electron chi connectivity index (χ3n) is 3.63. The van der Waals surface area contributed by atoms with E-state index in [-0.39, 0.29) is 12.5 Å². The number of nitrogens with zero attached hydrogens (tertiary/aromatic N) is 1. The lowest BCUT2D eigenvalue weighted by Crippen LogP contribution is -2.26. The van der Waals surface area contributed by atoms with Crippen molar-refractivity contribution in [3.05, 3.63) is 65.2 Å². The summed E-state index contributed by atoms with van der Waals surface area (Å²) in [7, 11) is 0. The highest BCUT2D eigenvalue weighted by molar-refractivity contribution is 5.99. The highest BCUT2D eigenvalue weighted by Crippen LogP contribution is 2.08. The number of hydrazone groups is 1. The molecule has 4 nitrogen and oxygen atoms in total. The van der Waals surface area contributed by atoms with Crippen molar-refractivity contribution in [1.29, 1.82) is 0 Å². The Morgan fingerprint density at radius 2 is 1.70 bits per heavy atom. The first kappa shape index (κ1) is 16.7. The van der Waals surface area contributed by atoms with Gasteiger partial charge in [0.2, 0.25) is 0 Å². The quantitative estimate of drug-likeness (QED) is 0.634. The fraction of sp³-hybridized carbons (Fsp3) is 0.263. The molecule has 4 heteroatoms. The van der Waals surface area contributed by atoms with Crippen LogP contribution in [0.15, 0.2) is 53.6 Å². The number of hydrogen-bond donors (Lipinski definition) is 2. The SMILES string of the molecule is CCc1ccc(/C(C)=N\NC(=O)CNc2ccc(C)cc2)cc1. The second-order valence-corrected chi connectivity index (χ2v) is 5.50. The van der Waals surface area contributed by atoms with Gasteiger partial charge in [-0.15, -0.1) is 0 Å². The predicted octanol–water partition coefficient (Wildman–Crippen LogP) is 3.51. The third kappa shape index (κ3) is 5.25. The monoisotopic (exact) mass is 309 g/mol. The molecule has 0 aliphatic rings. The van der Waals surface area contributed by atoms with Crippen LogP contribution in [0.1, 0.15) is 30.5 Å². The van der Waals surface area contributed by atoms with Crippen molar-refractivity contribution < 1.29 is 4.79 Å². The molecule has 0 aliphatic heterocycles. The molecule has 0 spiro atoms. The first-order valence-electron chi connectivity index (χ1n) is 7.81. The summed E-state index contributed by atoms with van der Waals surface area (Å²) in [4.78, 5) is 11.8. The van der Waals surface area contributed by atoms with Gasteiger partial charge in [-0.05, 0) is 43.5 Å². The van der Waals surface area contributed by atoms with Crippen molar-refractivity contribution in [2.75, 3.05) is 11.9 Å². The molecule has 0 aliphatic carbocycles. The zero-order valence-corrected chi connectivity index (χ0v) is 13.9. The second-order valence-electron chi connectivity index (χ2n) is 5.50. The summed E-state index contributed by atoms with van der Waals surface area (Å²) in [5.41, 5.74) is 7.77. The summed E-state index contributed by atoms with van der Waals surface area (Å²) in [5, 5.41) is 7.22. The van der Waals surface area contributed by atoms with Gasteiger partial charge < -0.3 is 5.32 Å². The van der Waals surface area contributed by atoms with Crippen LogP contribution in [-0.2, 0) is 11.2 Å². The van der Waals surface area contributed by atoms with Crippen LogP contribution >= 0.6 is 0 Å². The zero-order valence-electron chi connectivity index (χ0n) is 13.9. The van der Waals surface area contributed by atoms with Gasteiger partial charge in [0.05, 0.1) is 12.3 Å². The molecule has 0 aromatic heterocycles. The smallest absolute Gasteiger partial charge is 0.259 e. The summed E-state index contributed by atoms with van der Waals surface area (Å²) in [6, 6.07) is 16.1. The second kappa shape index (κ2) is 8.13. The Labute approximate surface area is 137 Å². The Balaban J connectivity index is 1.85. The van der Waals surface area contributed by atoms with Gasteiger partial charge in [0.15, 0.2) is 0 Å². The molecule has 0 saturated heterocycles. The van der Waals surface area contributed by atoms with E-state index in [1.54, 1.807) is 0 Å². The summed E-state index contributed by atoms with van der Waals surface area (Å²) in [6.07, 6.45) is 1.01. The Kier molecular flexibility index (Phi) is 5.92. The van der Waals surface area contributed by atoms with Gasteiger partial charge in [-0.3, -0.25) is 4.79 Å². The summed E-state index contributed by atoms with van der Waals surface area (Å²) >= 11 is 0. The number of aryl methyl sites for hydroxylation is 2. The van der Waals surface area contributed by atoms with Crippen LogP contribution in [0.2, 0.25) is 0 Å². The molecule has 0 radical (unpaired) electrons. The van der Waals surface area contributed by atoms with Crippen molar-refractivity contribution in [3.63, 3.8) is 0 Å². The average Bonchev–Trinajstić information content (AvgIpc) is 2.59. The fourth-order valence-electron chi connectivity index (χ4n) is 2.09. The van der Waals surface area contributed by atoms with Crippen LogP contribution in [-0.4, -0.2) is 18.2 Å². The van der Waals surface area contributed by atoms with Crippen molar-refractivity contribution in [2.45, 2.75) is 27.2 Å². The van der Waals surface area contributed by atoms with Gasteiger partial charge in [0, 0.05) is 5.69 Å². The molecule has 23 heavy (non-hydrogen) atoms. The minimum Gasteiger partial charge on any atom is -0.376 e. The summed E-state index contributed by atoms with van der Waals surface area (Å²) in [6.45, 7) is 6.22. The van der Waals surface area contributed by atoms with Gasteiger partial charge in [-0.1, -0.05) is 48.9 Å². The Morgan fingerprint density at radius 3 is 2.30 bits per heavy atom. The molecule has 0 atom stereocenters. The highest BCUT2D eigenvalue weighted by Gasteiger charge is 2.02. The molecule has 2 rings (SSSR count). The van der Waals surface area contributed by atoms with Gasteiger partial charge in [0.25, 0.3) is 5.91 Å². The number of hydrogen-bond acceptors (Lipinski definition) is 3. The topological polar surface area (TPSA) is 53.5 Å². The van der Waals surface area contributed by atoms with Crippen LogP contribution in [0.4, 0.5) is 5.69 Å². The van der Waals surface area contributed by atoms with Crippen molar-refractivity contribution >= 4 is 17.3 Å². The summed E-state index contributed by atoms with van der Waals surface area (Å²) in [5.74, 6) is -0.171. The number of rotatable bonds is 6. The molecule has 0 fully saturated rings. The van der Waals surface area contributed by atoms with E-state index >= 15 is 0 Å². The van der Waals surface area contributed by atoms with Crippen LogP contribution in [0.3, 0.4) is 0 Å². The molecular formula is C19H23N3O. The number of anilines is 1. The maximum Gasteiger partial charge on any atom is 0.259 e. The normalized spacial score (nSPS) is 11.2. The number of nitrogens with one attached hydrogen (secondary N) is 2. The first-order valence-corrected chi connectivity index (χ1v) is 7.81. The van der Waals surface area contributed by atoms with Gasteiger partial charge in [-0.25, -0.2) is 5.43 Å². The predicted molar refractivity (Wildman–Crippen MR) is 95.8 cm³/mol. The van der Waals surface area contributed by atoms with Crippen LogP contribution < -0.4 is 10.7 Å². The van der Waals surface area contributed by atoms with Crippen LogP contribution in [0.25, 0.3) is 0 Å². The largest absolute Gasteiger partial charge is 0.376 e. The number of benzene rings is 2. The zero-order chi connectivity index (χ0) is 16.7. The Hall–Kier alpha value is -2.62. The lowest BCUT2D eigenvalue weighted by molar-refractivity contribution is -0.119. The lowest BCUT2D eigenvalue weighted by atomic mass is 10.1. The first-order chi connectivity index (χ1) is 11.1. The molecule has 0 unspecified atom stereocenters. The standard InChI is InChI=1S/C19H23N3O/c1-4-16-7-9-17(10-8-16)15(3)21-22-19(23)13-20-18-11-5-14(2)6-12-18/h5-12,20H,4,13H2,1-3H3,(H,22,23)/b21-15-. The molecule has 2 aromatic rings. The van der Waals surface area contributed by atoms with Gasteiger partial charge in [-0.2, -0.15) is 5.10 Å². The molecule has 0 bridgehead atoms. The average molecular weight is 309 g/mol. The van der Waals surface area contributed by atoms with Gasteiger partial charge >= 0.3 is 0 Å². The minimum absolute atomic E-state index is 0.171. The molecular weight excluding hydrogens is 286 g/mol. The van der Waals surface area contributed by atoms with E-state index in [0.29, 0.717) is 0 Å². The minimum atomic E-state index is -0.171. The molecule has 1 amide bonds. The Bertz CT molecular complexity index is 673. The van der Waals surface area contributed by atoms with E-state index in [4.69, 9.17) is 0 Å². The maximum absolute atomic E-state index is 11.8. The number of carbonyl (C=O) groups excluding carboxylic acids is 1. The van der Waals surface area contributed by atoms with Crippen molar-refractivity contribution in [2.24, 2.45) is 5.10 Å². The van der Waals surface area contributed by atoms with Crippen LogP contribution in [0, 0.1) is 6.92 Å². The summed E-state index contributed by atoms with van der Waals surface area (Å²) < 4.78 is 0. The fourth-order valence-corrected chi connectivity index (χ4v) is 2.09. The van der Waals surface area contributed by atoms with E-state index in [1.165, 1.54) is 11.1 Å². The molecule has 120 valence electrons. The van der Waals surface area contributed by atoms with Crippen molar-refractivity contribution in [3.8, 4) is 0 Å². The van der Waals surface area contributed by atoms with Crippen molar-refractivity contribution in [1.82, 2.24) is 5.43 Å². The lowest BCUT2D eigenvalue weighted by Gasteiger charge is -2.06. The molecule has 2 aromatic carbocycles. The molecule has 2 N–H and O–H groups in total. The maximum atomic E-state index is 11.8. The molecule has 0 saturated carbocycles. The molecule has 0 heterocycles. The number of amides is 1.